The molecule has 1 rings (SSSR count). The molecule has 18 heavy (non-hydrogen) atoms. The third-order valence-corrected chi connectivity index (χ3v) is 4.18. The van der Waals surface area contributed by atoms with Gasteiger partial charge in [-0.25, -0.2) is 0 Å². The Morgan fingerprint density at radius 2 is 2.28 bits per heavy atom. The summed E-state index contributed by atoms with van der Waals surface area (Å²) in [6.45, 7) is 2.52. The number of hydrogen-bond donors (Lipinski definition) is 1. The first kappa shape index (κ1) is 14.7. The Hall–Kier alpha value is -1.38. The lowest BCUT2D eigenvalue weighted by molar-refractivity contribution is 0.413. The molecule has 0 amide bonds. The van der Waals surface area contributed by atoms with E-state index in [1.54, 1.807) is 12.1 Å². The lowest BCUT2D eigenvalue weighted by atomic mass is 10.1. The summed E-state index contributed by atoms with van der Waals surface area (Å²) in [4.78, 5) is 0. The number of ether oxygens (including phenoxy) is 1. The van der Waals surface area contributed by atoms with Crippen molar-refractivity contribution in [3.05, 3.63) is 29.3 Å². The highest BCUT2D eigenvalue weighted by Crippen LogP contribution is 2.19. The summed E-state index contributed by atoms with van der Waals surface area (Å²) in [6.07, 6.45) is 0. The van der Waals surface area contributed by atoms with Gasteiger partial charge in [-0.2, -0.15) is 5.26 Å². The molecular formula is C13H18N2O2S. The fourth-order valence-electron chi connectivity index (χ4n) is 1.56. The van der Waals surface area contributed by atoms with Crippen molar-refractivity contribution < 1.29 is 8.95 Å². The van der Waals surface area contributed by atoms with Crippen molar-refractivity contribution in [3.8, 4) is 11.8 Å². The third kappa shape index (κ3) is 4.13. The predicted molar refractivity (Wildman–Crippen MR) is 72.6 cm³/mol. The minimum Gasteiger partial charge on any atom is -0.495 e. The molecule has 0 radical (unpaired) electrons. The largest absolute Gasteiger partial charge is 0.495 e. The monoisotopic (exact) mass is 266 g/mol. The van der Waals surface area contributed by atoms with E-state index < -0.39 is 10.8 Å². The SMILES string of the molecule is COc1ccc(CS(=O)CC(C)CN)cc1C#N. The second kappa shape index (κ2) is 7.14. The van der Waals surface area contributed by atoms with Crippen LogP contribution in [0.3, 0.4) is 0 Å². The Kier molecular flexibility index (Phi) is 5.83. The molecule has 0 fully saturated rings. The highest BCUT2D eigenvalue weighted by Gasteiger charge is 2.09. The summed E-state index contributed by atoms with van der Waals surface area (Å²) in [5, 5.41) is 8.97. The Morgan fingerprint density at radius 1 is 1.56 bits per heavy atom. The van der Waals surface area contributed by atoms with Crippen LogP contribution in [0.15, 0.2) is 18.2 Å². The Labute approximate surface area is 110 Å². The van der Waals surface area contributed by atoms with E-state index in [4.69, 9.17) is 15.7 Å². The molecule has 4 nitrogen and oxygen atoms in total. The van der Waals surface area contributed by atoms with Crippen LogP contribution in [0, 0.1) is 17.2 Å². The molecule has 2 unspecified atom stereocenters. The minimum absolute atomic E-state index is 0.250. The smallest absolute Gasteiger partial charge is 0.136 e. The molecule has 0 aliphatic rings. The zero-order valence-corrected chi connectivity index (χ0v) is 11.5. The van der Waals surface area contributed by atoms with Crippen LogP contribution in [0.5, 0.6) is 5.75 Å². The van der Waals surface area contributed by atoms with Gasteiger partial charge in [0.1, 0.15) is 11.8 Å². The summed E-state index contributed by atoms with van der Waals surface area (Å²) in [7, 11) is 0.575. The standard InChI is InChI=1S/C13H18N2O2S/c1-10(6-14)8-18(16)9-11-3-4-13(17-2)12(5-11)7-15/h3-5,10H,6,8-9,14H2,1-2H3. The first-order valence-corrected chi connectivity index (χ1v) is 7.21. The average Bonchev–Trinajstić information content (AvgIpc) is 2.38. The number of hydrogen-bond acceptors (Lipinski definition) is 4. The van der Waals surface area contributed by atoms with Crippen LogP contribution >= 0.6 is 0 Å². The molecule has 0 aromatic heterocycles. The molecule has 2 N–H and O–H groups in total. The highest BCUT2D eigenvalue weighted by atomic mass is 32.2. The zero-order chi connectivity index (χ0) is 13.5. The molecule has 5 heteroatoms. The van der Waals surface area contributed by atoms with Gasteiger partial charge in [0.15, 0.2) is 0 Å². The van der Waals surface area contributed by atoms with Crippen molar-refractivity contribution >= 4 is 10.8 Å². The van der Waals surface area contributed by atoms with E-state index in [-0.39, 0.29) is 5.92 Å². The molecule has 0 spiro atoms. The van der Waals surface area contributed by atoms with Crippen molar-refractivity contribution in [2.75, 3.05) is 19.4 Å². The van der Waals surface area contributed by atoms with Crippen LogP contribution in [-0.2, 0) is 16.6 Å². The normalized spacial score (nSPS) is 13.7. The van der Waals surface area contributed by atoms with E-state index in [0.717, 1.165) is 5.56 Å². The molecule has 0 aliphatic carbocycles. The zero-order valence-electron chi connectivity index (χ0n) is 10.7. The molecular weight excluding hydrogens is 248 g/mol. The van der Waals surface area contributed by atoms with Gasteiger partial charge in [-0.3, -0.25) is 4.21 Å². The molecule has 0 saturated heterocycles. The van der Waals surface area contributed by atoms with Crippen molar-refractivity contribution in [2.24, 2.45) is 11.7 Å². The maximum Gasteiger partial charge on any atom is 0.136 e. The van der Waals surface area contributed by atoms with Crippen molar-refractivity contribution in [1.82, 2.24) is 0 Å². The summed E-state index contributed by atoms with van der Waals surface area (Å²) in [5.74, 6) is 1.83. The molecule has 2 atom stereocenters. The molecule has 0 saturated carbocycles. The number of methoxy groups -OCH3 is 1. The van der Waals surface area contributed by atoms with Gasteiger partial charge in [0.05, 0.1) is 12.7 Å². The Balaban J connectivity index is 2.74. The van der Waals surface area contributed by atoms with E-state index in [0.29, 0.717) is 29.4 Å². The van der Waals surface area contributed by atoms with Crippen LogP contribution in [0.1, 0.15) is 18.1 Å². The fraction of sp³-hybridized carbons (Fsp3) is 0.462. The van der Waals surface area contributed by atoms with Gasteiger partial charge in [-0.15, -0.1) is 0 Å². The van der Waals surface area contributed by atoms with E-state index >= 15 is 0 Å². The van der Waals surface area contributed by atoms with E-state index in [1.165, 1.54) is 7.11 Å². The van der Waals surface area contributed by atoms with Crippen LogP contribution in [0.2, 0.25) is 0 Å². The van der Waals surface area contributed by atoms with Crippen molar-refractivity contribution in [2.45, 2.75) is 12.7 Å². The number of nitrogens with zero attached hydrogens (tertiary/aromatic N) is 1. The number of benzene rings is 1. The van der Waals surface area contributed by atoms with Gasteiger partial charge in [0, 0.05) is 22.3 Å². The Bertz CT molecular complexity index is 469. The van der Waals surface area contributed by atoms with Crippen LogP contribution in [0.25, 0.3) is 0 Å². The van der Waals surface area contributed by atoms with E-state index in [9.17, 15) is 4.21 Å². The maximum atomic E-state index is 11.9. The first-order chi connectivity index (χ1) is 8.60. The molecule has 0 bridgehead atoms. The second-order valence-electron chi connectivity index (χ2n) is 4.24. The van der Waals surface area contributed by atoms with Gasteiger partial charge in [-0.1, -0.05) is 13.0 Å². The van der Waals surface area contributed by atoms with Gasteiger partial charge in [-0.05, 0) is 30.2 Å². The van der Waals surface area contributed by atoms with Gasteiger partial charge >= 0.3 is 0 Å². The highest BCUT2D eigenvalue weighted by molar-refractivity contribution is 7.84. The molecule has 0 heterocycles. The predicted octanol–water partition coefficient (Wildman–Crippen LogP) is 1.41. The number of nitrogens with two attached hydrogens (primary N) is 1. The summed E-state index contributed by atoms with van der Waals surface area (Å²) < 4.78 is 16.9. The lowest BCUT2D eigenvalue weighted by Crippen LogP contribution is -2.18. The summed E-state index contributed by atoms with van der Waals surface area (Å²) >= 11 is 0. The average molecular weight is 266 g/mol. The lowest BCUT2D eigenvalue weighted by Gasteiger charge is -2.09. The summed E-state index contributed by atoms with van der Waals surface area (Å²) in [5.41, 5.74) is 6.86. The number of rotatable bonds is 6. The maximum absolute atomic E-state index is 11.9. The second-order valence-corrected chi connectivity index (χ2v) is 5.74. The quantitative estimate of drug-likeness (QED) is 0.844. The van der Waals surface area contributed by atoms with Crippen LogP contribution in [0.4, 0.5) is 0 Å². The molecule has 0 aliphatic heterocycles. The van der Waals surface area contributed by atoms with Crippen LogP contribution in [-0.4, -0.2) is 23.6 Å². The van der Waals surface area contributed by atoms with Gasteiger partial charge in [0.2, 0.25) is 0 Å². The van der Waals surface area contributed by atoms with E-state index in [1.807, 2.05) is 13.0 Å². The van der Waals surface area contributed by atoms with Crippen LogP contribution < -0.4 is 10.5 Å². The topological polar surface area (TPSA) is 76.1 Å². The third-order valence-electron chi connectivity index (χ3n) is 2.58. The number of nitriles is 1. The Morgan fingerprint density at radius 3 is 2.83 bits per heavy atom. The van der Waals surface area contributed by atoms with Crippen molar-refractivity contribution in [3.63, 3.8) is 0 Å². The molecule has 1 aromatic carbocycles. The fourth-order valence-corrected chi connectivity index (χ4v) is 3.00. The molecule has 1 aromatic rings. The molecule has 98 valence electrons. The van der Waals surface area contributed by atoms with Gasteiger partial charge in [0.25, 0.3) is 0 Å². The first-order valence-electron chi connectivity index (χ1n) is 5.72. The van der Waals surface area contributed by atoms with Crippen molar-refractivity contribution in [1.29, 1.82) is 5.26 Å². The van der Waals surface area contributed by atoms with Gasteiger partial charge < -0.3 is 10.5 Å². The van der Waals surface area contributed by atoms with E-state index in [2.05, 4.69) is 6.07 Å². The summed E-state index contributed by atoms with van der Waals surface area (Å²) in [6, 6.07) is 7.37. The minimum atomic E-state index is -0.950.